The number of rotatable bonds is 3. The summed E-state index contributed by atoms with van der Waals surface area (Å²) in [5.74, 6) is -5.48. The average Bonchev–Trinajstić information content (AvgIpc) is 2.92. The minimum absolute atomic E-state index is 0.377. The van der Waals surface area contributed by atoms with E-state index in [-0.39, 0.29) is 12.5 Å². The Kier molecular flexibility index (Phi) is 4.05. The first-order valence-electron chi connectivity index (χ1n) is 7.90. The first-order chi connectivity index (χ1) is 11.3. The molecular weight excluding hydrogens is 323 g/mol. The largest absolute Gasteiger partial charge is 0.481 e. The monoisotopic (exact) mass is 341 g/mol. The average molecular weight is 341 g/mol. The van der Waals surface area contributed by atoms with Gasteiger partial charge in [0.1, 0.15) is 0 Å². The third-order valence-corrected chi connectivity index (χ3v) is 5.29. The van der Waals surface area contributed by atoms with E-state index in [9.17, 15) is 22.8 Å². The highest BCUT2D eigenvalue weighted by Gasteiger charge is 2.56. The molecule has 1 saturated carbocycles. The van der Waals surface area contributed by atoms with Crippen LogP contribution >= 0.6 is 0 Å². The van der Waals surface area contributed by atoms with Crippen LogP contribution in [0.15, 0.2) is 30.3 Å². The van der Waals surface area contributed by atoms with Crippen molar-refractivity contribution in [3.63, 3.8) is 0 Å². The Morgan fingerprint density at radius 3 is 2.17 bits per heavy atom. The van der Waals surface area contributed by atoms with Crippen LogP contribution in [0.3, 0.4) is 0 Å². The number of hydrogen-bond acceptors (Lipinski definition) is 2. The lowest BCUT2D eigenvalue weighted by molar-refractivity contribution is -0.188. The first-order valence-corrected chi connectivity index (χ1v) is 7.90. The summed E-state index contributed by atoms with van der Waals surface area (Å²) in [7, 11) is 0. The zero-order valence-corrected chi connectivity index (χ0v) is 12.9. The minimum Gasteiger partial charge on any atom is -0.481 e. The van der Waals surface area contributed by atoms with Gasteiger partial charge in [0.25, 0.3) is 0 Å². The van der Waals surface area contributed by atoms with E-state index < -0.39 is 35.9 Å². The van der Waals surface area contributed by atoms with Crippen LogP contribution in [0, 0.1) is 11.8 Å². The van der Waals surface area contributed by atoms with E-state index in [0.717, 1.165) is 16.9 Å². The summed E-state index contributed by atoms with van der Waals surface area (Å²) in [4.78, 5) is 25.2. The Balaban J connectivity index is 1.86. The summed E-state index contributed by atoms with van der Waals surface area (Å²) in [6.45, 7) is -0.958. The second-order valence-corrected chi connectivity index (χ2v) is 6.60. The SMILES string of the molecule is O=C(O)[C@@H]1CN(C(=O)C2(c3ccccc3)CCC2)C[C@H]1C(F)(F)F. The number of hydrogen-bond donors (Lipinski definition) is 1. The smallest absolute Gasteiger partial charge is 0.394 e. The number of carboxylic acid groups (broad SMARTS) is 1. The van der Waals surface area contributed by atoms with Crippen molar-refractivity contribution in [2.45, 2.75) is 30.9 Å². The van der Waals surface area contributed by atoms with Crippen molar-refractivity contribution in [2.24, 2.45) is 11.8 Å². The number of alkyl halides is 3. The molecule has 0 bridgehead atoms. The molecule has 0 spiro atoms. The summed E-state index contributed by atoms with van der Waals surface area (Å²) in [5.41, 5.74) is -0.00581. The maximum atomic E-state index is 13.1. The molecule has 1 heterocycles. The van der Waals surface area contributed by atoms with Crippen molar-refractivity contribution in [3.05, 3.63) is 35.9 Å². The Hall–Kier alpha value is -2.05. The van der Waals surface area contributed by atoms with Crippen LogP contribution in [0.2, 0.25) is 0 Å². The van der Waals surface area contributed by atoms with Gasteiger partial charge in [-0.25, -0.2) is 0 Å². The van der Waals surface area contributed by atoms with Gasteiger partial charge >= 0.3 is 12.1 Å². The molecule has 4 nitrogen and oxygen atoms in total. The number of carbonyl (C=O) groups is 2. The minimum atomic E-state index is -4.63. The molecule has 0 aromatic heterocycles. The van der Waals surface area contributed by atoms with E-state index in [0.29, 0.717) is 12.8 Å². The predicted octanol–water partition coefficient (Wildman–Crippen LogP) is 2.83. The first kappa shape index (κ1) is 16.8. The summed E-state index contributed by atoms with van der Waals surface area (Å²) in [5, 5.41) is 9.10. The standard InChI is InChI=1S/C17H18F3NO3/c18-17(19,20)13-10-21(9-12(13)14(22)23)15(24)16(7-4-8-16)11-5-2-1-3-6-11/h1-3,5-6,12-13H,4,7-10H2,(H,22,23)/t12-,13-/m1/s1. The van der Waals surface area contributed by atoms with Crippen molar-refractivity contribution in [1.82, 2.24) is 4.90 Å². The number of carboxylic acids is 1. The summed E-state index contributed by atoms with van der Waals surface area (Å²) in [6.07, 6.45) is -2.63. The Morgan fingerprint density at radius 2 is 1.75 bits per heavy atom. The second-order valence-electron chi connectivity index (χ2n) is 6.60. The summed E-state index contributed by atoms with van der Waals surface area (Å²) >= 11 is 0. The molecule has 3 rings (SSSR count). The predicted molar refractivity (Wildman–Crippen MR) is 79.2 cm³/mol. The Bertz CT molecular complexity index is 640. The van der Waals surface area contributed by atoms with Crippen LogP contribution in [-0.4, -0.2) is 41.1 Å². The van der Waals surface area contributed by atoms with Gasteiger partial charge in [-0.3, -0.25) is 9.59 Å². The number of likely N-dealkylation sites (tertiary alicyclic amines) is 1. The van der Waals surface area contributed by atoms with Gasteiger partial charge in [-0.2, -0.15) is 13.2 Å². The molecule has 1 amide bonds. The highest BCUT2D eigenvalue weighted by Crippen LogP contribution is 2.47. The Morgan fingerprint density at radius 1 is 1.12 bits per heavy atom. The van der Waals surface area contributed by atoms with Crippen LogP contribution < -0.4 is 0 Å². The van der Waals surface area contributed by atoms with Crippen molar-refractivity contribution in [2.75, 3.05) is 13.1 Å². The third kappa shape index (κ3) is 2.65. The van der Waals surface area contributed by atoms with Crippen LogP contribution in [0.25, 0.3) is 0 Å². The molecule has 1 aromatic rings. The number of nitrogens with zero attached hydrogens (tertiary/aromatic N) is 1. The van der Waals surface area contributed by atoms with E-state index in [4.69, 9.17) is 5.11 Å². The van der Waals surface area contributed by atoms with Crippen LogP contribution in [0.5, 0.6) is 0 Å². The van der Waals surface area contributed by atoms with Gasteiger partial charge in [0.2, 0.25) is 5.91 Å². The van der Waals surface area contributed by atoms with E-state index in [2.05, 4.69) is 0 Å². The molecule has 2 fully saturated rings. The maximum Gasteiger partial charge on any atom is 0.394 e. The topological polar surface area (TPSA) is 57.6 Å². The molecule has 1 aliphatic heterocycles. The third-order valence-electron chi connectivity index (χ3n) is 5.29. The zero-order chi connectivity index (χ0) is 17.5. The van der Waals surface area contributed by atoms with Crippen LogP contribution in [0.1, 0.15) is 24.8 Å². The fourth-order valence-electron chi connectivity index (χ4n) is 3.77. The molecule has 0 unspecified atom stereocenters. The van der Waals surface area contributed by atoms with E-state index in [1.165, 1.54) is 0 Å². The van der Waals surface area contributed by atoms with E-state index in [1.807, 2.05) is 18.2 Å². The van der Waals surface area contributed by atoms with Crippen molar-refractivity contribution in [3.8, 4) is 0 Å². The molecule has 1 saturated heterocycles. The van der Waals surface area contributed by atoms with Crippen LogP contribution in [0.4, 0.5) is 13.2 Å². The number of halogens is 3. The van der Waals surface area contributed by atoms with Crippen molar-refractivity contribution >= 4 is 11.9 Å². The molecule has 2 atom stereocenters. The second kappa shape index (κ2) is 5.79. The van der Waals surface area contributed by atoms with Gasteiger partial charge in [-0.1, -0.05) is 36.8 Å². The van der Waals surface area contributed by atoms with Gasteiger partial charge in [-0.15, -0.1) is 0 Å². The fourth-order valence-corrected chi connectivity index (χ4v) is 3.77. The molecule has 1 aromatic carbocycles. The molecule has 1 N–H and O–H groups in total. The summed E-state index contributed by atoms with van der Waals surface area (Å²) in [6, 6.07) is 9.03. The van der Waals surface area contributed by atoms with E-state index >= 15 is 0 Å². The lowest BCUT2D eigenvalue weighted by Gasteiger charge is -2.43. The molecular formula is C17H18F3NO3. The quantitative estimate of drug-likeness (QED) is 0.920. The molecule has 2 aliphatic rings. The molecule has 0 radical (unpaired) electrons. The van der Waals surface area contributed by atoms with Gasteiger partial charge in [-0.05, 0) is 18.4 Å². The van der Waals surface area contributed by atoms with Crippen LogP contribution in [-0.2, 0) is 15.0 Å². The highest BCUT2D eigenvalue weighted by atomic mass is 19.4. The highest BCUT2D eigenvalue weighted by molar-refractivity contribution is 5.90. The Labute approximate surface area is 137 Å². The van der Waals surface area contributed by atoms with Crippen molar-refractivity contribution in [1.29, 1.82) is 0 Å². The number of carbonyl (C=O) groups excluding carboxylic acids is 1. The fraction of sp³-hybridized carbons (Fsp3) is 0.529. The lowest BCUT2D eigenvalue weighted by atomic mass is 9.63. The number of amides is 1. The lowest BCUT2D eigenvalue weighted by Crippen LogP contribution is -2.50. The molecule has 24 heavy (non-hydrogen) atoms. The van der Waals surface area contributed by atoms with Gasteiger partial charge < -0.3 is 10.0 Å². The molecule has 130 valence electrons. The normalized spacial score (nSPS) is 26.0. The molecule has 7 heteroatoms. The van der Waals surface area contributed by atoms with Crippen molar-refractivity contribution < 1.29 is 27.9 Å². The van der Waals surface area contributed by atoms with E-state index in [1.54, 1.807) is 12.1 Å². The molecule has 1 aliphatic carbocycles. The summed E-state index contributed by atoms with van der Waals surface area (Å²) < 4.78 is 39.4. The number of aliphatic carboxylic acids is 1. The zero-order valence-electron chi connectivity index (χ0n) is 12.9. The van der Waals surface area contributed by atoms with Gasteiger partial charge in [0.05, 0.1) is 17.3 Å². The van der Waals surface area contributed by atoms with Gasteiger partial charge in [0.15, 0.2) is 0 Å². The maximum absolute atomic E-state index is 13.1. The van der Waals surface area contributed by atoms with Gasteiger partial charge in [0, 0.05) is 13.1 Å². The number of benzene rings is 1.